The van der Waals surface area contributed by atoms with Crippen molar-refractivity contribution in [1.82, 2.24) is 14.9 Å². The molecule has 4 atom stereocenters. The summed E-state index contributed by atoms with van der Waals surface area (Å²) in [6.45, 7) is 4.68. The van der Waals surface area contributed by atoms with Gasteiger partial charge in [-0.1, -0.05) is 36.4 Å². The third-order valence-corrected chi connectivity index (χ3v) is 9.00. The zero-order chi connectivity index (χ0) is 27.0. The highest BCUT2D eigenvalue weighted by atomic mass is 35.5. The van der Waals surface area contributed by atoms with Crippen LogP contribution in [0.25, 0.3) is 0 Å². The first kappa shape index (κ1) is 26.6. The van der Waals surface area contributed by atoms with Gasteiger partial charge in [0.05, 0.1) is 35.0 Å². The summed E-state index contributed by atoms with van der Waals surface area (Å²) >= 11 is 6.46. The molecule has 0 bridgehead atoms. The van der Waals surface area contributed by atoms with Crippen LogP contribution in [0, 0.1) is 11.3 Å². The molecule has 11 heteroatoms. The lowest BCUT2D eigenvalue weighted by Gasteiger charge is -2.43. The number of carbonyl (C=O) groups excluding carboxylic acids is 1. The maximum Gasteiger partial charge on any atom is 0.410 e. The van der Waals surface area contributed by atoms with Gasteiger partial charge in [-0.05, 0) is 42.9 Å². The number of hydrogen-bond acceptors (Lipinski definition) is 7. The molecule has 3 aliphatic rings. The number of piperazine rings is 1. The molecule has 0 radical (unpaired) electrons. The van der Waals surface area contributed by atoms with Gasteiger partial charge in [0, 0.05) is 41.9 Å². The lowest BCUT2D eigenvalue weighted by molar-refractivity contribution is 0.0905. The molecule has 1 saturated heterocycles. The molecule has 200 valence electrons. The Balaban J connectivity index is 1.52. The van der Waals surface area contributed by atoms with Gasteiger partial charge in [-0.25, -0.2) is 19.2 Å². The number of fused-ring (bicyclic) bond motifs is 3. The molecule has 0 saturated carbocycles. The molecular formula is C27H29ClFN5O3S. The predicted molar refractivity (Wildman–Crippen MR) is 142 cm³/mol. The highest BCUT2D eigenvalue weighted by molar-refractivity contribution is 7.84. The van der Waals surface area contributed by atoms with Crippen LogP contribution in [0.2, 0.25) is 5.02 Å². The Morgan fingerprint density at radius 1 is 1.34 bits per heavy atom. The molecule has 1 unspecified atom stereocenters. The number of anilines is 1. The van der Waals surface area contributed by atoms with Crippen molar-refractivity contribution in [1.29, 1.82) is 5.26 Å². The van der Waals surface area contributed by atoms with Gasteiger partial charge < -0.3 is 14.5 Å². The van der Waals surface area contributed by atoms with Crippen molar-refractivity contribution in [2.45, 2.75) is 54.9 Å². The smallest absolute Gasteiger partial charge is 0.410 e. The maximum atomic E-state index is 16.6. The summed E-state index contributed by atoms with van der Waals surface area (Å²) in [4.78, 5) is 25.2. The van der Waals surface area contributed by atoms with Crippen molar-refractivity contribution in [2.24, 2.45) is 0 Å². The Bertz CT molecular complexity index is 1350. The van der Waals surface area contributed by atoms with E-state index < -0.39 is 34.5 Å². The third-order valence-electron chi connectivity index (χ3n) is 7.94. The second-order valence-electron chi connectivity index (χ2n) is 9.95. The summed E-state index contributed by atoms with van der Waals surface area (Å²) in [6, 6.07) is 7.38. The fraction of sp³-hybridized carbons (Fsp3) is 0.481. The summed E-state index contributed by atoms with van der Waals surface area (Å²) in [7, 11) is -1.53. The summed E-state index contributed by atoms with van der Waals surface area (Å²) in [5, 5.41) is 10.2. The molecule has 1 aliphatic heterocycles. The minimum Gasteiger partial charge on any atom is -0.445 e. The van der Waals surface area contributed by atoms with Gasteiger partial charge in [0.25, 0.3) is 0 Å². The summed E-state index contributed by atoms with van der Waals surface area (Å²) < 4.78 is 34.4. The zero-order valence-electron chi connectivity index (χ0n) is 21.2. The number of carbonyl (C=O) groups is 1. The van der Waals surface area contributed by atoms with Crippen LogP contribution >= 0.6 is 11.6 Å². The van der Waals surface area contributed by atoms with Crippen LogP contribution in [0.3, 0.4) is 0 Å². The average molecular weight is 558 g/mol. The van der Waals surface area contributed by atoms with E-state index in [1.807, 2.05) is 23.1 Å². The lowest BCUT2D eigenvalue weighted by Crippen LogP contribution is -2.56. The topological polar surface area (TPSA) is 99.4 Å². The predicted octanol–water partition coefficient (Wildman–Crippen LogP) is 4.44. The van der Waals surface area contributed by atoms with Crippen LogP contribution < -0.4 is 4.90 Å². The number of halogens is 2. The summed E-state index contributed by atoms with van der Waals surface area (Å²) in [5.74, 6) is 0.532. The molecule has 8 nitrogen and oxygen atoms in total. The SMILES string of the molecule is C=CCOC(=O)N1CCN(c2nc(S(C)=O)nc3c2CC[C@@]2(CCc4c(Cl)cccc42)[C@H]3F)C[C@@H]1CC#N. The number of ether oxygens (including phenoxy) is 1. The van der Waals surface area contributed by atoms with E-state index in [0.29, 0.717) is 61.7 Å². The first-order valence-electron chi connectivity index (χ1n) is 12.6. The Labute approximate surface area is 228 Å². The van der Waals surface area contributed by atoms with Crippen LogP contribution in [0.4, 0.5) is 15.0 Å². The number of nitrogens with zero attached hydrogens (tertiary/aromatic N) is 5. The molecule has 1 spiro atoms. The van der Waals surface area contributed by atoms with Gasteiger partial charge in [0.15, 0.2) is 6.17 Å². The van der Waals surface area contributed by atoms with Gasteiger partial charge in [-0.2, -0.15) is 5.26 Å². The molecular weight excluding hydrogens is 529 g/mol. The van der Waals surface area contributed by atoms with Crippen molar-refractivity contribution in [3.05, 3.63) is 58.3 Å². The molecule has 1 fully saturated rings. The molecule has 1 amide bonds. The molecule has 5 rings (SSSR count). The third kappa shape index (κ3) is 4.46. The fourth-order valence-electron chi connectivity index (χ4n) is 6.11. The Kier molecular flexibility index (Phi) is 7.43. The first-order valence-corrected chi connectivity index (χ1v) is 14.6. The molecule has 1 aromatic heterocycles. The highest BCUT2D eigenvalue weighted by Crippen LogP contribution is 2.56. The van der Waals surface area contributed by atoms with E-state index in [-0.39, 0.29) is 23.9 Å². The average Bonchev–Trinajstić information content (AvgIpc) is 3.29. The first-order chi connectivity index (χ1) is 18.3. The number of alkyl halides is 1. The second kappa shape index (κ2) is 10.6. The van der Waals surface area contributed by atoms with Crippen molar-refractivity contribution in [3.63, 3.8) is 0 Å². The Morgan fingerprint density at radius 2 is 2.11 bits per heavy atom. The van der Waals surface area contributed by atoms with Crippen LogP contribution in [0.5, 0.6) is 0 Å². The van der Waals surface area contributed by atoms with Crippen LogP contribution in [0.15, 0.2) is 36.0 Å². The van der Waals surface area contributed by atoms with Gasteiger partial charge in [-0.3, -0.25) is 4.21 Å². The standard InChI is InChI=1S/C27H29ClFN5O3S/c1-3-15-37-26(35)34-14-13-33(16-17(34)9-12-30)24-19-8-11-27(10-7-18-20(27)5-4-6-21(18)28)23(29)22(19)31-25(32-24)38(2)36/h3-6,17,23H,1,7-11,13-16H2,2H3/t17-,23-,27+,38?/m0/s1. The molecule has 2 aromatic rings. The van der Waals surface area contributed by atoms with E-state index >= 15 is 4.39 Å². The number of hydrogen-bond donors (Lipinski definition) is 0. The van der Waals surface area contributed by atoms with Crippen molar-refractivity contribution >= 4 is 34.3 Å². The Morgan fingerprint density at radius 3 is 2.82 bits per heavy atom. The van der Waals surface area contributed by atoms with Crippen LogP contribution in [-0.4, -0.2) is 63.7 Å². The van der Waals surface area contributed by atoms with E-state index in [1.165, 1.54) is 12.3 Å². The number of amides is 1. The summed E-state index contributed by atoms with van der Waals surface area (Å²) in [6.07, 6.45) is 3.63. The minimum atomic E-state index is -1.53. The quantitative estimate of drug-likeness (QED) is 0.396. The van der Waals surface area contributed by atoms with Gasteiger partial charge in [0.1, 0.15) is 12.4 Å². The van der Waals surface area contributed by atoms with Gasteiger partial charge >= 0.3 is 6.09 Å². The molecule has 0 N–H and O–H groups in total. The maximum absolute atomic E-state index is 16.6. The van der Waals surface area contributed by atoms with Gasteiger partial charge in [-0.15, -0.1) is 0 Å². The minimum absolute atomic E-state index is 0.0763. The van der Waals surface area contributed by atoms with Crippen LogP contribution in [-0.2, 0) is 33.8 Å². The van der Waals surface area contributed by atoms with E-state index in [9.17, 15) is 14.3 Å². The molecule has 2 heterocycles. The molecule has 38 heavy (non-hydrogen) atoms. The number of aromatic nitrogens is 2. The van der Waals surface area contributed by atoms with E-state index in [4.69, 9.17) is 16.3 Å². The van der Waals surface area contributed by atoms with Crippen molar-refractivity contribution < 1.29 is 18.1 Å². The van der Waals surface area contributed by atoms with Crippen LogP contribution in [0.1, 0.15) is 47.8 Å². The molecule has 1 aromatic carbocycles. The number of benzene rings is 1. The fourth-order valence-corrected chi connectivity index (χ4v) is 6.82. The van der Waals surface area contributed by atoms with Crippen molar-refractivity contribution in [3.8, 4) is 6.07 Å². The van der Waals surface area contributed by atoms with E-state index in [2.05, 4.69) is 22.6 Å². The Hall–Kier alpha value is -3.03. The normalized spacial score (nSPS) is 24.9. The number of nitriles is 1. The lowest BCUT2D eigenvalue weighted by atomic mass is 9.68. The highest BCUT2D eigenvalue weighted by Gasteiger charge is 2.51. The zero-order valence-corrected chi connectivity index (χ0v) is 22.7. The van der Waals surface area contributed by atoms with E-state index in [0.717, 1.165) is 11.1 Å². The molecule has 2 aliphatic carbocycles. The van der Waals surface area contributed by atoms with Gasteiger partial charge in [0.2, 0.25) is 5.16 Å². The monoisotopic (exact) mass is 557 g/mol. The number of rotatable bonds is 5. The summed E-state index contributed by atoms with van der Waals surface area (Å²) in [5.41, 5.74) is 2.17. The second-order valence-corrected chi connectivity index (χ2v) is 11.6. The largest absolute Gasteiger partial charge is 0.445 e. The van der Waals surface area contributed by atoms with E-state index in [1.54, 1.807) is 4.90 Å². The van der Waals surface area contributed by atoms with Crippen molar-refractivity contribution in [2.75, 3.05) is 37.4 Å².